The Hall–Kier alpha value is -1.83. The van der Waals surface area contributed by atoms with Crippen LogP contribution in [0.5, 0.6) is 0 Å². The Labute approximate surface area is 89.5 Å². The van der Waals surface area contributed by atoms with Crippen molar-refractivity contribution < 1.29 is 4.79 Å². The molecule has 1 aliphatic rings. The van der Waals surface area contributed by atoms with E-state index in [0.717, 1.165) is 11.3 Å². The topological polar surface area (TPSA) is 20.3 Å². The van der Waals surface area contributed by atoms with E-state index < -0.39 is 0 Å². The zero-order chi connectivity index (χ0) is 10.8. The van der Waals surface area contributed by atoms with Crippen LogP contribution in [0.2, 0.25) is 0 Å². The Kier molecular flexibility index (Phi) is 2.42. The fraction of sp³-hybridized carbons (Fsp3) is 0.154. The van der Waals surface area contributed by atoms with Gasteiger partial charge >= 0.3 is 0 Å². The summed E-state index contributed by atoms with van der Waals surface area (Å²) in [4.78, 5) is 13.3. The highest BCUT2D eigenvalue weighted by Gasteiger charge is 2.24. The van der Waals surface area contributed by atoms with Gasteiger partial charge in [0.25, 0.3) is 5.91 Å². The third kappa shape index (κ3) is 1.71. The second-order valence-corrected chi connectivity index (χ2v) is 3.62. The van der Waals surface area contributed by atoms with Gasteiger partial charge in [-0.1, -0.05) is 36.9 Å². The van der Waals surface area contributed by atoms with Crippen LogP contribution in [-0.4, -0.2) is 10.8 Å². The van der Waals surface area contributed by atoms with Crippen molar-refractivity contribution in [1.29, 1.82) is 0 Å². The lowest BCUT2D eigenvalue weighted by Crippen LogP contribution is -2.26. The lowest BCUT2D eigenvalue weighted by molar-refractivity contribution is -0.124. The number of nitrogens with zero attached hydrogens (tertiary/aromatic N) is 1. The van der Waals surface area contributed by atoms with E-state index >= 15 is 0 Å². The first kappa shape index (κ1) is 9.71. The lowest BCUT2D eigenvalue weighted by atomic mass is 10.1. The van der Waals surface area contributed by atoms with Gasteiger partial charge in [0.05, 0.1) is 6.04 Å². The lowest BCUT2D eigenvalue weighted by Gasteiger charge is -2.25. The van der Waals surface area contributed by atoms with Crippen molar-refractivity contribution >= 4 is 5.91 Å². The van der Waals surface area contributed by atoms with Gasteiger partial charge in [0, 0.05) is 11.8 Å². The number of carbonyl (C=O) groups is 1. The largest absolute Gasteiger partial charge is 0.302 e. The number of rotatable bonds is 2. The van der Waals surface area contributed by atoms with Gasteiger partial charge in [0.15, 0.2) is 0 Å². The molecule has 0 aromatic heterocycles. The van der Waals surface area contributed by atoms with Crippen molar-refractivity contribution in [2.24, 2.45) is 0 Å². The van der Waals surface area contributed by atoms with E-state index in [-0.39, 0.29) is 11.9 Å². The minimum Gasteiger partial charge on any atom is -0.302 e. The van der Waals surface area contributed by atoms with E-state index in [1.54, 1.807) is 17.1 Å². The predicted molar refractivity (Wildman–Crippen MR) is 60.0 cm³/mol. The van der Waals surface area contributed by atoms with Crippen LogP contribution >= 0.6 is 0 Å². The van der Waals surface area contributed by atoms with Crippen LogP contribution in [0.15, 0.2) is 54.8 Å². The van der Waals surface area contributed by atoms with Gasteiger partial charge in [-0.3, -0.25) is 4.79 Å². The van der Waals surface area contributed by atoms with Gasteiger partial charge in [-0.2, -0.15) is 0 Å². The third-order valence-corrected chi connectivity index (χ3v) is 2.63. The van der Waals surface area contributed by atoms with Crippen LogP contribution in [-0.2, 0) is 4.79 Å². The summed E-state index contributed by atoms with van der Waals surface area (Å²) in [7, 11) is 0. The molecule has 0 spiro atoms. The van der Waals surface area contributed by atoms with E-state index in [1.807, 2.05) is 37.3 Å². The van der Waals surface area contributed by atoms with Crippen LogP contribution in [0.1, 0.15) is 18.5 Å². The molecule has 15 heavy (non-hydrogen) atoms. The van der Waals surface area contributed by atoms with Crippen molar-refractivity contribution in [3.63, 3.8) is 0 Å². The summed E-state index contributed by atoms with van der Waals surface area (Å²) in [5, 5.41) is 0. The summed E-state index contributed by atoms with van der Waals surface area (Å²) in [6.07, 6.45) is 3.31. The summed E-state index contributed by atoms with van der Waals surface area (Å²) in [5.74, 6) is 0.0105. The molecule has 0 saturated heterocycles. The van der Waals surface area contributed by atoms with Crippen LogP contribution in [0, 0.1) is 0 Å². The van der Waals surface area contributed by atoms with Gasteiger partial charge in [0.1, 0.15) is 0 Å². The molecular weight excluding hydrogens is 186 g/mol. The van der Waals surface area contributed by atoms with E-state index in [1.165, 1.54) is 0 Å². The highest BCUT2D eigenvalue weighted by Crippen LogP contribution is 2.27. The molecule has 0 radical (unpaired) electrons. The summed E-state index contributed by atoms with van der Waals surface area (Å²) < 4.78 is 0. The Morgan fingerprint density at radius 1 is 1.20 bits per heavy atom. The molecule has 2 rings (SSSR count). The molecule has 1 aliphatic heterocycles. The molecule has 1 amide bonds. The molecule has 76 valence electrons. The van der Waals surface area contributed by atoms with Crippen LogP contribution < -0.4 is 0 Å². The summed E-state index contributed by atoms with van der Waals surface area (Å²) >= 11 is 0. The molecule has 0 fully saturated rings. The van der Waals surface area contributed by atoms with Gasteiger partial charge in [-0.05, 0) is 18.6 Å². The summed E-state index contributed by atoms with van der Waals surface area (Å²) in [6, 6.07) is 9.99. The van der Waals surface area contributed by atoms with Crippen LogP contribution in [0.4, 0.5) is 0 Å². The van der Waals surface area contributed by atoms with Crippen molar-refractivity contribution in [3.05, 3.63) is 60.3 Å². The third-order valence-electron chi connectivity index (χ3n) is 2.63. The first-order valence-electron chi connectivity index (χ1n) is 4.95. The summed E-state index contributed by atoms with van der Waals surface area (Å²) in [5.41, 5.74) is 1.88. The van der Waals surface area contributed by atoms with Gasteiger partial charge in [-0.15, -0.1) is 0 Å². The SMILES string of the molecule is C=C1C=CC(=O)N1[C@H](C)c1ccccc1. The van der Waals surface area contributed by atoms with E-state index in [2.05, 4.69) is 6.58 Å². The van der Waals surface area contributed by atoms with E-state index in [9.17, 15) is 4.79 Å². The number of benzene rings is 1. The number of amides is 1. The van der Waals surface area contributed by atoms with Crippen LogP contribution in [0.3, 0.4) is 0 Å². The molecule has 1 aromatic rings. The number of allylic oxidation sites excluding steroid dienone is 1. The minimum atomic E-state index is 0.0105. The molecule has 0 aliphatic carbocycles. The molecular formula is C13H13NO. The molecule has 0 unspecified atom stereocenters. The molecule has 0 saturated carbocycles. The second kappa shape index (κ2) is 3.73. The maximum Gasteiger partial charge on any atom is 0.251 e. The van der Waals surface area contributed by atoms with Crippen molar-refractivity contribution in [3.8, 4) is 0 Å². The quantitative estimate of drug-likeness (QED) is 0.717. The molecule has 0 bridgehead atoms. The fourth-order valence-electron chi connectivity index (χ4n) is 1.79. The first-order chi connectivity index (χ1) is 7.20. The van der Waals surface area contributed by atoms with Crippen molar-refractivity contribution in [2.75, 3.05) is 0 Å². The molecule has 0 N–H and O–H groups in total. The predicted octanol–water partition coefficient (Wildman–Crippen LogP) is 2.66. The van der Waals surface area contributed by atoms with E-state index in [0.29, 0.717) is 0 Å². The Bertz CT molecular complexity index is 401. The van der Waals surface area contributed by atoms with Gasteiger partial charge < -0.3 is 4.90 Å². The minimum absolute atomic E-state index is 0.0105. The zero-order valence-electron chi connectivity index (χ0n) is 8.68. The average Bonchev–Trinajstić information content (AvgIpc) is 2.59. The molecule has 2 heteroatoms. The monoisotopic (exact) mass is 199 g/mol. The maximum absolute atomic E-state index is 11.6. The average molecular weight is 199 g/mol. The molecule has 1 aromatic carbocycles. The number of hydrogen-bond acceptors (Lipinski definition) is 1. The standard InChI is InChI=1S/C13H13NO/c1-10-8-9-13(15)14(10)11(2)12-6-4-3-5-7-12/h3-9,11H,1H2,2H3/t11-/m1/s1. The number of hydrogen-bond donors (Lipinski definition) is 0. The van der Waals surface area contributed by atoms with Gasteiger partial charge in [0.2, 0.25) is 0 Å². The molecule has 1 atom stereocenters. The normalized spacial score (nSPS) is 17.3. The molecule has 2 nitrogen and oxygen atoms in total. The first-order valence-corrected chi connectivity index (χ1v) is 4.95. The Morgan fingerprint density at radius 3 is 2.40 bits per heavy atom. The highest BCUT2D eigenvalue weighted by atomic mass is 16.2. The number of carbonyl (C=O) groups excluding carboxylic acids is 1. The van der Waals surface area contributed by atoms with E-state index in [4.69, 9.17) is 0 Å². The smallest absolute Gasteiger partial charge is 0.251 e. The zero-order valence-corrected chi connectivity index (χ0v) is 8.68. The molecule has 1 heterocycles. The van der Waals surface area contributed by atoms with Crippen LogP contribution in [0.25, 0.3) is 0 Å². The Balaban J connectivity index is 2.26. The van der Waals surface area contributed by atoms with Gasteiger partial charge in [-0.25, -0.2) is 0 Å². The Morgan fingerprint density at radius 2 is 1.87 bits per heavy atom. The second-order valence-electron chi connectivity index (χ2n) is 3.62. The van der Waals surface area contributed by atoms with Crippen molar-refractivity contribution in [1.82, 2.24) is 4.90 Å². The fourth-order valence-corrected chi connectivity index (χ4v) is 1.79. The highest BCUT2D eigenvalue weighted by molar-refractivity contribution is 5.93. The summed E-state index contributed by atoms with van der Waals surface area (Å²) in [6.45, 7) is 5.86. The maximum atomic E-state index is 11.6. The van der Waals surface area contributed by atoms with Crippen molar-refractivity contribution in [2.45, 2.75) is 13.0 Å².